The van der Waals surface area contributed by atoms with Gasteiger partial charge >= 0.3 is 0 Å². The lowest BCUT2D eigenvalue weighted by Gasteiger charge is -2.13. The molecule has 1 fully saturated rings. The minimum Gasteiger partial charge on any atom is -0.387 e. The first-order valence-electron chi connectivity index (χ1n) is 3.59. The molecule has 0 bridgehead atoms. The average molecular weight is 124 g/mol. The van der Waals surface area contributed by atoms with Crippen LogP contribution in [0.1, 0.15) is 19.8 Å². The Morgan fingerprint density at radius 1 is 1.67 bits per heavy atom. The van der Waals surface area contributed by atoms with E-state index in [2.05, 4.69) is 11.9 Å². The van der Waals surface area contributed by atoms with Gasteiger partial charge in [-0.2, -0.15) is 0 Å². The molecule has 0 aromatic rings. The van der Waals surface area contributed by atoms with Crippen LogP contribution in [0.4, 0.5) is 0 Å². The molecule has 2 rings (SSSR count). The van der Waals surface area contributed by atoms with Gasteiger partial charge in [0, 0.05) is 6.42 Å². The maximum atomic E-state index is 5.59. The molecule has 2 N–H and O–H groups in total. The van der Waals surface area contributed by atoms with Gasteiger partial charge in [-0.25, -0.2) is 0 Å². The van der Waals surface area contributed by atoms with Crippen LogP contribution in [0.5, 0.6) is 0 Å². The van der Waals surface area contributed by atoms with E-state index in [4.69, 9.17) is 5.73 Å². The summed E-state index contributed by atoms with van der Waals surface area (Å²) in [7, 11) is 0. The number of hydrogen-bond acceptors (Lipinski definition) is 2. The number of fused-ring (bicyclic) bond motifs is 1. The smallest absolute Gasteiger partial charge is 0.0943 e. The van der Waals surface area contributed by atoms with Crippen LogP contribution in [-0.2, 0) is 0 Å². The molecule has 0 radical (unpaired) electrons. The predicted octanol–water partition coefficient (Wildman–Crippen LogP) is 0.772. The Balaban J connectivity index is 2.16. The number of rotatable bonds is 0. The molecule has 1 saturated carbocycles. The van der Waals surface area contributed by atoms with E-state index in [-0.39, 0.29) is 0 Å². The third-order valence-corrected chi connectivity index (χ3v) is 2.40. The van der Waals surface area contributed by atoms with Crippen molar-refractivity contribution in [3.63, 3.8) is 0 Å². The molecule has 9 heavy (non-hydrogen) atoms. The molecule has 3 atom stereocenters. The Morgan fingerprint density at radius 2 is 2.44 bits per heavy atom. The lowest BCUT2D eigenvalue weighted by Crippen LogP contribution is -2.22. The van der Waals surface area contributed by atoms with Gasteiger partial charge < -0.3 is 5.73 Å². The van der Waals surface area contributed by atoms with Gasteiger partial charge in [0.25, 0.3) is 0 Å². The standard InChI is InChI=1S/C7H12N2/c1-4-2-7(8)9-6-3-5(4)6/h4-6H,2-3H2,1H3,(H2,8,9)/t4?,5-,6-/m1/s1. The first kappa shape index (κ1) is 5.27. The molecule has 50 valence electrons. The molecule has 0 aromatic carbocycles. The minimum atomic E-state index is 0.619. The summed E-state index contributed by atoms with van der Waals surface area (Å²) in [6.07, 6.45) is 2.32. The van der Waals surface area contributed by atoms with Crippen LogP contribution < -0.4 is 5.73 Å². The number of nitrogens with zero attached hydrogens (tertiary/aromatic N) is 1. The van der Waals surface area contributed by atoms with E-state index in [0.29, 0.717) is 6.04 Å². The molecule has 0 spiro atoms. The lowest BCUT2D eigenvalue weighted by atomic mass is 9.99. The van der Waals surface area contributed by atoms with Gasteiger partial charge in [0.1, 0.15) is 0 Å². The molecule has 1 heterocycles. The lowest BCUT2D eigenvalue weighted by molar-refractivity contribution is 0.498. The van der Waals surface area contributed by atoms with Gasteiger partial charge in [0.15, 0.2) is 0 Å². The molecule has 1 unspecified atom stereocenters. The maximum Gasteiger partial charge on any atom is 0.0943 e. The first-order chi connectivity index (χ1) is 4.27. The first-order valence-corrected chi connectivity index (χ1v) is 3.59. The predicted molar refractivity (Wildman–Crippen MR) is 37.3 cm³/mol. The Morgan fingerprint density at radius 3 is 3.11 bits per heavy atom. The largest absolute Gasteiger partial charge is 0.387 e. The third-order valence-electron chi connectivity index (χ3n) is 2.40. The summed E-state index contributed by atoms with van der Waals surface area (Å²) < 4.78 is 0. The monoisotopic (exact) mass is 124 g/mol. The van der Waals surface area contributed by atoms with Crippen LogP contribution in [-0.4, -0.2) is 11.9 Å². The van der Waals surface area contributed by atoms with Gasteiger partial charge in [0.05, 0.1) is 11.9 Å². The molecule has 0 aromatic heterocycles. The molecular formula is C7H12N2. The number of hydrogen-bond donors (Lipinski definition) is 1. The molecule has 2 nitrogen and oxygen atoms in total. The zero-order chi connectivity index (χ0) is 6.43. The van der Waals surface area contributed by atoms with E-state index >= 15 is 0 Å². The van der Waals surface area contributed by atoms with E-state index in [9.17, 15) is 0 Å². The highest BCUT2D eigenvalue weighted by molar-refractivity contribution is 5.81. The molecular weight excluding hydrogens is 112 g/mol. The van der Waals surface area contributed by atoms with Crippen molar-refractivity contribution in [1.29, 1.82) is 0 Å². The molecule has 2 aliphatic rings. The summed E-state index contributed by atoms with van der Waals surface area (Å²) in [5.41, 5.74) is 5.59. The SMILES string of the molecule is CC1CC(N)=N[C@@H]2C[C@H]12. The minimum absolute atomic E-state index is 0.619. The Hall–Kier alpha value is -0.530. The molecule has 0 amide bonds. The molecule has 2 heteroatoms. The van der Waals surface area contributed by atoms with E-state index in [1.165, 1.54) is 6.42 Å². The van der Waals surface area contributed by atoms with Gasteiger partial charge in [-0.05, 0) is 18.3 Å². The summed E-state index contributed by atoms with van der Waals surface area (Å²) in [6.45, 7) is 2.27. The van der Waals surface area contributed by atoms with E-state index < -0.39 is 0 Å². The highest BCUT2D eigenvalue weighted by Gasteiger charge is 2.43. The highest BCUT2D eigenvalue weighted by Crippen LogP contribution is 2.44. The van der Waals surface area contributed by atoms with Crippen molar-refractivity contribution < 1.29 is 0 Å². The topological polar surface area (TPSA) is 38.4 Å². The molecule has 0 saturated heterocycles. The van der Waals surface area contributed by atoms with Crippen LogP contribution >= 0.6 is 0 Å². The summed E-state index contributed by atoms with van der Waals surface area (Å²) in [5.74, 6) is 2.56. The second-order valence-corrected chi connectivity index (χ2v) is 3.27. The van der Waals surface area contributed by atoms with Crippen LogP contribution in [0, 0.1) is 11.8 Å². The van der Waals surface area contributed by atoms with Crippen LogP contribution in [0.25, 0.3) is 0 Å². The third kappa shape index (κ3) is 0.732. The van der Waals surface area contributed by atoms with Crippen molar-refractivity contribution in [2.75, 3.05) is 0 Å². The summed E-state index contributed by atoms with van der Waals surface area (Å²) in [5, 5.41) is 0. The summed E-state index contributed by atoms with van der Waals surface area (Å²) in [4.78, 5) is 4.30. The fourth-order valence-corrected chi connectivity index (χ4v) is 1.71. The average Bonchev–Trinajstić information content (AvgIpc) is 2.43. The van der Waals surface area contributed by atoms with Gasteiger partial charge in [0.2, 0.25) is 0 Å². The zero-order valence-electron chi connectivity index (χ0n) is 5.67. The Labute approximate surface area is 55.2 Å². The van der Waals surface area contributed by atoms with Gasteiger partial charge in [-0.3, -0.25) is 4.99 Å². The molecule has 1 aliphatic carbocycles. The summed E-state index contributed by atoms with van der Waals surface area (Å²) >= 11 is 0. The van der Waals surface area contributed by atoms with Crippen molar-refractivity contribution in [3.8, 4) is 0 Å². The van der Waals surface area contributed by atoms with Crippen LogP contribution in [0.2, 0.25) is 0 Å². The van der Waals surface area contributed by atoms with Crippen LogP contribution in [0.15, 0.2) is 4.99 Å². The second kappa shape index (κ2) is 1.49. The fraction of sp³-hybridized carbons (Fsp3) is 0.857. The zero-order valence-corrected chi connectivity index (χ0v) is 5.67. The number of amidine groups is 1. The van der Waals surface area contributed by atoms with Crippen LogP contribution in [0.3, 0.4) is 0 Å². The number of nitrogens with two attached hydrogens (primary N) is 1. The quantitative estimate of drug-likeness (QED) is 0.509. The van der Waals surface area contributed by atoms with E-state index in [1.807, 2.05) is 0 Å². The van der Waals surface area contributed by atoms with Crippen molar-refractivity contribution in [2.45, 2.75) is 25.8 Å². The maximum absolute atomic E-state index is 5.59. The Bertz CT molecular complexity index is 162. The fourth-order valence-electron chi connectivity index (χ4n) is 1.71. The second-order valence-electron chi connectivity index (χ2n) is 3.27. The Kier molecular flexibility index (Phi) is 0.875. The van der Waals surface area contributed by atoms with Gasteiger partial charge in [-0.15, -0.1) is 0 Å². The number of aliphatic imine (C=N–C) groups is 1. The highest BCUT2D eigenvalue weighted by atomic mass is 15.0. The van der Waals surface area contributed by atoms with Crippen molar-refractivity contribution >= 4 is 5.84 Å². The molecule has 1 aliphatic heterocycles. The van der Waals surface area contributed by atoms with Gasteiger partial charge in [-0.1, -0.05) is 6.92 Å². The summed E-state index contributed by atoms with van der Waals surface area (Å²) in [6, 6.07) is 0.619. The normalized spacial score (nSPS) is 47.7. The van der Waals surface area contributed by atoms with Crippen molar-refractivity contribution in [2.24, 2.45) is 22.6 Å². The van der Waals surface area contributed by atoms with E-state index in [1.54, 1.807) is 0 Å². The van der Waals surface area contributed by atoms with E-state index in [0.717, 1.165) is 24.1 Å². The van der Waals surface area contributed by atoms with Crippen molar-refractivity contribution in [3.05, 3.63) is 0 Å². The van der Waals surface area contributed by atoms with Crippen molar-refractivity contribution in [1.82, 2.24) is 0 Å².